The third kappa shape index (κ3) is 3.66. The summed E-state index contributed by atoms with van der Waals surface area (Å²) in [5.74, 6) is 5.87. The number of hydrazine groups is 1. The molecule has 1 rings (SSSR count). The molecule has 18 heavy (non-hydrogen) atoms. The van der Waals surface area contributed by atoms with Crippen molar-refractivity contribution in [2.24, 2.45) is 11.8 Å². The maximum Gasteiger partial charge on any atom is 0.242 e. The first kappa shape index (κ1) is 14.9. The van der Waals surface area contributed by atoms with Crippen molar-refractivity contribution in [2.75, 3.05) is 5.43 Å². The van der Waals surface area contributed by atoms with Crippen molar-refractivity contribution in [1.29, 1.82) is 0 Å². The minimum absolute atomic E-state index is 0.118. The lowest BCUT2D eigenvalue weighted by molar-refractivity contribution is 0.434. The molecule has 0 spiro atoms. The summed E-state index contributed by atoms with van der Waals surface area (Å²) < 4.78 is 26.8. The minimum Gasteiger partial charge on any atom is -0.308 e. The van der Waals surface area contributed by atoms with Crippen LogP contribution in [-0.4, -0.2) is 19.4 Å². The van der Waals surface area contributed by atoms with Gasteiger partial charge in [-0.1, -0.05) is 20.3 Å². The lowest BCUT2D eigenvalue weighted by atomic mass is 10.0. The van der Waals surface area contributed by atoms with Crippen molar-refractivity contribution < 1.29 is 8.42 Å². The highest BCUT2D eigenvalue weighted by Gasteiger charge is 2.20. The summed E-state index contributed by atoms with van der Waals surface area (Å²) in [5, 5.41) is 0. The Morgan fingerprint density at radius 3 is 2.50 bits per heavy atom. The number of nitrogen functional groups attached to an aromatic ring is 1. The van der Waals surface area contributed by atoms with Crippen LogP contribution in [0.25, 0.3) is 0 Å². The third-order valence-electron chi connectivity index (χ3n) is 3.03. The average molecular weight is 272 g/mol. The fourth-order valence-electron chi connectivity index (χ4n) is 1.41. The molecule has 102 valence electrons. The first-order valence-corrected chi connectivity index (χ1v) is 7.34. The summed E-state index contributed by atoms with van der Waals surface area (Å²) in [7, 11) is -3.52. The molecule has 4 N–H and O–H groups in total. The Bertz CT molecular complexity index is 472. The number of rotatable bonds is 6. The van der Waals surface area contributed by atoms with Crippen LogP contribution in [0.1, 0.15) is 27.2 Å². The maximum atomic E-state index is 12.1. The van der Waals surface area contributed by atoms with E-state index in [4.69, 9.17) is 5.84 Å². The Morgan fingerprint density at radius 2 is 2.06 bits per heavy atom. The number of anilines is 1. The zero-order chi connectivity index (χ0) is 13.8. The highest BCUT2D eigenvalue weighted by molar-refractivity contribution is 7.89. The molecule has 0 saturated heterocycles. The fourth-order valence-corrected chi connectivity index (χ4v) is 2.70. The SMILES string of the molecule is CCC(C)C(C)NS(=O)(=O)c1ccc(NN)nc1. The van der Waals surface area contributed by atoms with Crippen molar-refractivity contribution in [3.05, 3.63) is 18.3 Å². The third-order valence-corrected chi connectivity index (χ3v) is 4.58. The molecule has 0 aliphatic carbocycles. The van der Waals surface area contributed by atoms with Crippen LogP contribution in [0.5, 0.6) is 0 Å². The summed E-state index contributed by atoms with van der Waals surface area (Å²) in [6, 6.07) is 2.86. The van der Waals surface area contributed by atoms with Crippen LogP contribution in [0.4, 0.5) is 5.82 Å². The molecule has 0 bridgehead atoms. The number of hydrogen-bond donors (Lipinski definition) is 3. The molecule has 0 aromatic carbocycles. The number of hydrogen-bond acceptors (Lipinski definition) is 5. The number of nitrogens with zero attached hydrogens (tertiary/aromatic N) is 1. The first-order chi connectivity index (χ1) is 8.40. The van der Waals surface area contributed by atoms with Gasteiger partial charge in [-0.2, -0.15) is 0 Å². The normalized spacial score (nSPS) is 15.1. The second-order valence-electron chi connectivity index (χ2n) is 4.32. The number of nitrogens with two attached hydrogens (primary N) is 1. The highest BCUT2D eigenvalue weighted by atomic mass is 32.2. The molecular weight excluding hydrogens is 252 g/mol. The van der Waals surface area contributed by atoms with Gasteiger partial charge in [0.05, 0.1) is 0 Å². The van der Waals surface area contributed by atoms with Gasteiger partial charge in [0.2, 0.25) is 10.0 Å². The molecule has 2 atom stereocenters. The standard InChI is InChI=1S/C11H20N4O2S/c1-4-8(2)9(3)15-18(16,17)10-5-6-11(14-12)13-7-10/h5-9,15H,4,12H2,1-3H3,(H,13,14). The minimum atomic E-state index is -3.52. The van der Waals surface area contributed by atoms with E-state index >= 15 is 0 Å². The Balaban J connectivity index is 2.85. The molecule has 0 aliphatic heterocycles. The smallest absolute Gasteiger partial charge is 0.242 e. The van der Waals surface area contributed by atoms with Gasteiger partial charge in [0, 0.05) is 12.2 Å². The van der Waals surface area contributed by atoms with Gasteiger partial charge in [-0.15, -0.1) is 0 Å². The monoisotopic (exact) mass is 272 g/mol. The van der Waals surface area contributed by atoms with E-state index in [0.29, 0.717) is 5.82 Å². The van der Waals surface area contributed by atoms with Crippen LogP contribution in [0, 0.1) is 5.92 Å². The topological polar surface area (TPSA) is 97.1 Å². The zero-order valence-electron chi connectivity index (χ0n) is 10.8. The molecule has 0 radical (unpaired) electrons. The highest BCUT2D eigenvalue weighted by Crippen LogP contribution is 2.13. The molecule has 2 unspecified atom stereocenters. The second-order valence-corrected chi connectivity index (χ2v) is 6.03. The summed E-state index contributed by atoms with van der Waals surface area (Å²) in [6.07, 6.45) is 2.19. The van der Waals surface area contributed by atoms with Crippen LogP contribution >= 0.6 is 0 Å². The molecule has 0 amide bonds. The molecule has 1 aromatic rings. The maximum absolute atomic E-state index is 12.1. The molecule has 1 aromatic heterocycles. The average Bonchev–Trinajstić information content (AvgIpc) is 2.37. The molecule has 0 fully saturated rings. The molecule has 0 saturated carbocycles. The molecule has 6 nitrogen and oxygen atoms in total. The summed E-state index contributed by atoms with van der Waals surface area (Å²) in [4.78, 5) is 4.02. The van der Waals surface area contributed by atoms with E-state index in [2.05, 4.69) is 15.1 Å². The molecular formula is C11H20N4O2S. The quantitative estimate of drug-likeness (QED) is 0.532. The van der Waals surface area contributed by atoms with Crippen molar-refractivity contribution >= 4 is 15.8 Å². The van der Waals surface area contributed by atoms with Crippen molar-refractivity contribution in [3.8, 4) is 0 Å². The fraction of sp³-hybridized carbons (Fsp3) is 0.545. The van der Waals surface area contributed by atoms with E-state index in [1.165, 1.54) is 18.3 Å². The molecule has 1 heterocycles. The van der Waals surface area contributed by atoms with E-state index in [-0.39, 0.29) is 16.9 Å². The van der Waals surface area contributed by atoms with E-state index in [9.17, 15) is 8.42 Å². The van der Waals surface area contributed by atoms with Crippen molar-refractivity contribution in [2.45, 2.75) is 38.1 Å². The number of aromatic nitrogens is 1. The van der Waals surface area contributed by atoms with E-state index in [1.54, 1.807) is 0 Å². The predicted molar refractivity (Wildman–Crippen MR) is 71.3 cm³/mol. The van der Waals surface area contributed by atoms with Crippen LogP contribution in [-0.2, 0) is 10.0 Å². The van der Waals surface area contributed by atoms with Crippen LogP contribution in [0.15, 0.2) is 23.2 Å². The summed E-state index contributed by atoms with van der Waals surface area (Å²) >= 11 is 0. The van der Waals surface area contributed by atoms with Crippen molar-refractivity contribution in [1.82, 2.24) is 9.71 Å². The Morgan fingerprint density at radius 1 is 1.39 bits per heavy atom. The van der Waals surface area contributed by atoms with E-state index < -0.39 is 10.0 Å². The van der Waals surface area contributed by atoms with Gasteiger partial charge in [0.25, 0.3) is 0 Å². The van der Waals surface area contributed by atoms with Crippen LogP contribution < -0.4 is 16.0 Å². The number of nitrogens with one attached hydrogen (secondary N) is 2. The van der Waals surface area contributed by atoms with Crippen LogP contribution in [0.3, 0.4) is 0 Å². The van der Waals surface area contributed by atoms with E-state index in [1.807, 2.05) is 20.8 Å². The van der Waals surface area contributed by atoms with Crippen molar-refractivity contribution in [3.63, 3.8) is 0 Å². The lowest BCUT2D eigenvalue weighted by Gasteiger charge is -2.19. The van der Waals surface area contributed by atoms with E-state index in [0.717, 1.165) is 6.42 Å². The largest absolute Gasteiger partial charge is 0.308 e. The number of sulfonamides is 1. The Labute approximate surface area is 108 Å². The lowest BCUT2D eigenvalue weighted by Crippen LogP contribution is -2.36. The van der Waals surface area contributed by atoms with Gasteiger partial charge in [0.1, 0.15) is 10.7 Å². The number of pyridine rings is 1. The van der Waals surface area contributed by atoms with Gasteiger partial charge in [0.15, 0.2) is 0 Å². The first-order valence-electron chi connectivity index (χ1n) is 5.85. The van der Waals surface area contributed by atoms with Gasteiger partial charge < -0.3 is 5.43 Å². The molecule has 0 aliphatic rings. The summed E-state index contributed by atoms with van der Waals surface area (Å²) in [6.45, 7) is 5.89. The van der Waals surface area contributed by atoms with Gasteiger partial charge >= 0.3 is 0 Å². The van der Waals surface area contributed by atoms with Gasteiger partial charge in [-0.05, 0) is 25.0 Å². The Hall–Kier alpha value is -1.18. The van der Waals surface area contributed by atoms with Gasteiger partial charge in [-0.25, -0.2) is 24.0 Å². The summed E-state index contributed by atoms with van der Waals surface area (Å²) in [5.41, 5.74) is 2.35. The zero-order valence-corrected chi connectivity index (χ0v) is 11.7. The Kier molecular flexibility index (Phi) is 5.06. The second kappa shape index (κ2) is 6.12. The van der Waals surface area contributed by atoms with Gasteiger partial charge in [-0.3, -0.25) is 0 Å². The predicted octanol–water partition coefficient (Wildman–Crippen LogP) is 1.08. The van der Waals surface area contributed by atoms with Crippen LogP contribution in [0.2, 0.25) is 0 Å². The molecule has 7 heteroatoms.